The lowest BCUT2D eigenvalue weighted by atomic mass is 9.92. The van der Waals surface area contributed by atoms with Gasteiger partial charge in [-0.3, -0.25) is 0 Å². The normalized spacial score (nSPS) is 13.3. The Bertz CT molecular complexity index is 525. The number of hydrogen-bond donors (Lipinski definition) is 1. The minimum absolute atomic E-state index is 0.160. The fraction of sp³-hybridized carbons (Fsp3) is 0.444. The van der Waals surface area contributed by atoms with E-state index in [9.17, 15) is 0 Å². The summed E-state index contributed by atoms with van der Waals surface area (Å²) < 4.78 is 0. The van der Waals surface area contributed by atoms with Crippen LogP contribution in [0.5, 0.6) is 0 Å². The van der Waals surface area contributed by atoms with Gasteiger partial charge < -0.3 is 5.32 Å². The predicted molar refractivity (Wildman–Crippen MR) is 94.4 cm³/mol. The molecule has 0 saturated heterocycles. The van der Waals surface area contributed by atoms with Gasteiger partial charge >= 0.3 is 0 Å². The van der Waals surface area contributed by atoms with Gasteiger partial charge in [0.2, 0.25) is 0 Å². The second kappa shape index (κ2) is 7.44. The van der Waals surface area contributed by atoms with Crippen LogP contribution in [0.25, 0.3) is 0 Å². The van der Waals surface area contributed by atoms with Crippen LogP contribution in [0.4, 0.5) is 0 Å². The molecule has 0 saturated carbocycles. The monoisotopic (exact) mass is 321 g/mol. The SMILES string of the molecule is CC(C)(C)NCC(Cc1ccc(Cl)cc1)Cc1ccsc1. The molecule has 0 aliphatic carbocycles. The van der Waals surface area contributed by atoms with Crippen molar-refractivity contribution in [2.24, 2.45) is 5.92 Å². The first-order valence-corrected chi connectivity index (χ1v) is 8.75. The van der Waals surface area contributed by atoms with E-state index in [4.69, 9.17) is 11.6 Å². The summed E-state index contributed by atoms with van der Waals surface area (Å²) in [7, 11) is 0. The lowest BCUT2D eigenvalue weighted by molar-refractivity contribution is 0.367. The molecular formula is C18H24ClNS. The number of benzene rings is 1. The average Bonchev–Trinajstić information content (AvgIpc) is 2.91. The third-order valence-corrected chi connectivity index (χ3v) is 4.45. The zero-order valence-electron chi connectivity index (χ0n) is 13.0. The fourth-order valence-electron chi connectivity index (χ4n) is 2.36. The largest absolute Gasteiger partial charge is 0.312 e. The van der Waals surface area contributed by atoms with Crippen LogP contribution in [0.1, 0.15) is 31.9 Å². The third-order valence-electron chi connectivity index (χ3n) is 3.46. The Morgan fingerprint density at radius 2 is 1.71 bits per heavy atom. The lowest BCUT2D eigenvalue weighted by Crippen LogP contribution is -2.40. The summed E-state index contributed by atoms with van der Waals surface area (Å²) in [6.07, 6.45) is 2.20. The highest BCUT2D eigenvalue weighted by molar-refractivity contribution is 7.07. The highest BCUT2D eigenvalue weighted by atomic mass is 35.5. The molecule has 1 unspecified atom stereocenters. The zero-order chi connectivity index (χ0) is 15.3. The molecule has 1 aromatic carbocycles. The molecule has 2 aromatic rings. The second-order valence-electron chi connectivity index (χ2n) is 6.66. The van der Waals surface area contributed by atoms with E-state index in [0.29, 0.717) is 5.92 Å². The Kier molecular flexibility index (Phi) is 5.86. The summed E-state index contributed by atoms with van der Waals surface area (Å²) in [4.78, 5) is 0. The van der Waals surface area contributed by atoms with E-state index in [1.165, 1.54) is 11.1 Å². The Balaban J connectivity index is 2.01. The summed E-state index contributed by atoms with van der Waals surface area (Å²) in [5.41, 5.74) is 2.96. The van der Waals surface area contributed by atoms with E-state index in [-0.39, 0.29) is 5.54 Å². The number of nitrogens with one attached hydrogen (secondary N) is 1. The van der Waals surface area contributed by atoms with Gasteiger partial charge in [0.25, 0.3) is 0 Å². The van der Waals surface area contributed by atoms with Gasteiger partial charge in [-0.15, -0.1) is 0 Å². The third kappa shape index (κ3) is 6.21. The molecule has 2 rings (SSSR count). The van der Waals surface area contributed by atoms with Gasteiger partial charge in [-0.25, -0.2) is 0 Å². The Hall–Kier alpha value is -0.830. The van der Waals surface area contributed by atoms with E-state index in [0.717, 1.165) is 24.4 Å². The van der Waals surface area contributed by atoms with Gasteiger partial charge in [-0.05, 0) is 86.2 Å². The van der Waals surface area contributed by atoms with Crippen molar-refractivity contribution in [1.82, 2.24) is 5.32 Å². The van der Waals surface area contributed by atoms with Gasteiger partial charge in [0.1, 0.15) is 0 Å². The molecule has 0 aliphatic heterocycles. The number of thiophene rings is 1. The minimum atomic E-state index is 0.160. The van der Waals surface area contributed by atoms with Crippen molar-refractivity contribution in [1.29, 1.82) is 0 Å². The van der Waals surface area contributed by atoms with Gasteiger partial charge in [0.15, 0.2) is 0 Å². The Morgan fingerprint density at radius 1 is 1.05 bits per heavy atom. The van der Waals surface area contributed by atoms with Crippen molar-refractivity contribution in [2.45, 2.75) is 39.2 Å². The van der Waals surface area contributed by atoms with Crippen LogP contribution >= 0.6 is 22.9 Å². The first-order valence-electron chi connectivity index (χ1n) is 7.43. The zero-order valence-corrected chi connectivity index (χ0v) is 14.6. The van der Waals surface area contributed by atoms with E-state index in [2.05, 4.69) is 55.0 Å². The molecule has 1 heterocycles. The quantitative estimate of drug-likeness (QED) is 0.772. The van der Waals surface area contributed by atoms with Crippen LogP contribution in [0, 0.1) is 5.92 Å². The van der Waals surface area contributed by atoms with Gasteiger partial charge in [0.05, 0.1) is 0 Å². The first-order chi connectivity index (χ1) is 9.92. The second-order valence-corrected chi connectivity index (χ2v) is 7.88. The molecule has 0 aliphatic rings. The van der Waals surface area contributed by atoms with Crippen LogP contribution < -0.4 is 5.32 Å². The van der Waals surface area contributed by atoms with Crippen molar-refractivity contribution < 1.29 is 0 Å². The Labute approximate surface area is 137 Å². The molecule has 1 atom stereocenters. The summed E-state index contributed by atoms with van der Waals surface area (Å²) in [5, 5.41) is 8.86. The standard InChI is InChI=1S/C18H24ClNS/c1-18(2,3)20-12-16(11-15-8-9-21-13-15)10-14-4-6-17(19)7-5-14/h4-9,13,16,20H,10-12H2,1-3H3. The number of rotatable bonds is 6. The molecular weight excluding hydrogens is 298 g/mol. The van der Waals surface area contributed by atoms with Crippen LogP contribution in [-0.4, -0.2) is 12.1 Å². The molecule has 3 heteroatoms. The molecule has 0 bridgehead atoms. The highest BCUT2D eigenvalue weighted by Crippen LogP contribution is 2.19. The topological polar surface area (TPSA) is 12.0 Å². The summed E-state index contributed by atoms with van der Waals surface area (Å²) in [5.74, 6) is 0.597. The number of hydrogen-bond acceptors (Lipinski definition) is 2. The van der Waals surface area contributed by atoms with Crippen molar-refractivity contribution in [2.75, 3.05) is 6.54 Å². The predicted octanol–water partition coefficient (Wildman–Crippen LogP) is 5.19. The van der Waals surface area contributed by atoms with Crippen molar-refractivity contribution in [3.05, 3.63) is 57.2 Å². The maximum absolute atomic E-state index is 5.97. The van der Waals surface area contributed by atoms with Gasteiger partial charge in [0, 0.05) is 10.6 Å². The molecule has 1 N–H and O–H groups in total. The maximum Gasteiger partial charge on any atom is 0.0406 e. The van der Waals surface area contributed by atoms with Crippen molar-refractivity contribution in [3.8, 4) is 0 Å². The average molecular weight is 322 g/mol. The van der Waals surface area contributed by atoms with Crippen LogP contribution in [-0.2, 0) is 12.8 Å². The highest BCUT2D eigenvalue weighted by Gasteiger charge is 2.15. The van der Waals surface area contributed by atoms with Crippen LogP contribution in [0.2, 0.25) is 5.02 Å². The molecule has 1 nitrogen and oxygen atoms in total. The molecule has 0 amide bonds. The Morgan fingerprint density at radius 3 is 2.29 bits per heavy atom. The van der Waals surface area contributed by atoms with E-state index in [1.54, 1.807) is 11.3 Å². The van der Waals surface area contributed by atoms with Crippen molar-refractivity contribution >= 4 is 22.9 Å². The van der Waals surface area contributed by atoms with E-state index >= 15 is 0 Å². The first kappa shape index (κ1) is 16.5. The molecule has 21 heavy (non-hydrogen) atoms. The molecule has 0 spiro atoms. The van der Waals surface area contributed by atoms with E-state index < -0.39 is 0 Å². The van der Waals surface area contributed by atoms with Gasteiger partial charge in [-0.1, -0.05) is 23.7 Å². The smallest absolute Gasteiger partial charge is 0.0406 e. The van der Waals surface area contributed by atoms with Crippen molar-refractivity contribution in [3.63, 3.8) is 0 Å². The number of halogens is 1. The maximum atomic E-state index is 5.97. The fourth-order valence-corrected chi connectivity index (χ4v) is 3.17. The molecule has 0 radical (unpaired) electrons. The minimum Gasteiger partial charge on any atom is -0.312 e. The summed E-state index contributed by atoms with van der Waals surface area (Å²) in [6, 6.07) is 10.5. The van der Waals surface area contributed by atoms with Crippen LogP contribution in [0.15, 0.2) is 41.1 Å². The molecule has 1 aromatic heterocycles. The van der Waals surface area contributed by atoms with Crippen LogP contribution in [0.3, 0.4) is 0 Å². The summed E-state index contributed by atoms with van der Waals surface area (Å²) >= 11 is 7.75. The summed E-state index contributed by atoms with van der Waals surface area (Å²) in [6.45, 7) is 7.69. The molecule has 114 valence electrons. The van der Waals surface area contributed by atoms with Gasteiger partial charge in [-0.2, -0.15) is 11.3 Å². The molecule has 0 fully saturated rings. The van der Waals surface area contributed by atoms with E-state index in [1.807, 2.05) is 12.1 Å². The lowest BCUT2D eigenvalue weighted by Gasteiger charge is -2.25.